The van der Waals surface area contributed by atoms with Crippen LogP contribution in [0.3, 0.4) is 0 Å². The molecule has 1 aromatic heterocycles. The van der Waals surface area contributed by atoms with E-state index in [0.717, 1.165) is 43.0 Å². The number of hydrogen-bond donors (Lipinski definition) is 0. The highest BCUT2D eigenvalue weighted by Crippen LogP contribution is 2.27. The molecule has 18 heavy (non-hydrogen) atoms. The van der Waals surface area contributed by atoms with Gasteiger partial charge in [-0.25, -0.2) is 0 Å². The third-order valence-electron chi connectivity index (χ3n) is 3.22. The molecule has 1 unspecified atom stereocenters. The van der Waals surface area contributed by atoms with Gasteiger partial charge < -0.3 is 9.47 Å². The quantitative estimate of drug-likeness (QED) is 0.761. The third-order valence-corrected chi connectivity index (χ3v) is 3.22. The summed E-state index contributed by atoms with van der Waals surface area (Å²) in [6.45, 7) is 4.47. The van der Waals surface area contributed by atoms with Gasteiger partial charge in [-0.15, -0.1) is 0 Å². The van der Waals surface area contributed by atoms with E-state index in [1.807, 2.05) is 18.2 Å². The van der Waals surface area contributed by atoms with Gasteiger partial charge in [0.15, 0.2) is 0 Å². The number of fused-ring (bicyclic) bond motifs is 3. The molecule has 1 aliphatic heterocycles. The zero-order valence-electron chi connectivity index (χ0n) is 10.6. The molecule has 0 amide bonds. The maximum atomic E-state index is 5.80. The van der Waals surface area contributed by atoms with Crippen LogP contribution >= 0.6 is 0 Å². The number of nitrogens with zero attached hydrogens (tertiary/aromatic N) is 2. The van der Waals surface area contributed by atoms with Gasteiger partial charge in [-0.1, -0.05) is 25.5 Å². The highest BCUT2D eigenvalue weighted by molar-refractivity contribution is 5.76. The first-order valence-corrected chi connectivity index (χ1v) is 6.58. The minimum Gasteiger partial charge on any atom is -0.457 e. The fourth-order valence-corrected chi connectivity index (χ4v) is 2.26. The lowest BCUT2D eigenvalue weighted by molar-refractivity contribution is 0.0567. The van der Waals surface area contributed by atoms with Crippen LogP contribution in [-0.4, -0.2) is 28.9 Å². The van der Waals surface area contributed by atoms with Crippen LogP contribution in [0.25, 0.3) is 11.0 Å². The first-order chi connectivity index (χ1) is 8.88. The van der Waals surface area contributed by atoms with Crippen molar-refractivity contribution in [2.45, 2.75) is 32.4 Å². The Morgan fingerprint density at radius 1 is 1.44 bits per heavy atom. The molecule has 1 aliphatic rings. The summed E-state index contributed by atoms with van der Waals surface area (Å²) in [5, 5.41) is 0. The number of ether oxygens (including phenoxy) is 2. The maximum Gasteiger partial charge on any atom is 0.297 e. The van der Waals surface area contributed by atoms with Gasteiger partial charge in [-0.2, -0.15) is 4.98 Å². The van der Waals surface area contributed by atoms with Crippen LogP contribution in [0.15, 0.2) is 24.3 Å². The van der Waals surface area contributed by atoms with Crippen LogP contribution in [0.5, 0.6) is 6.01 Å². The zero-order chi connectivity index (χ0) is 12.4. The van der Waals surface area contributed by atoms with E-state index in [-0.39, 0.29) is 6.10 Å². The summed E-state index contributed by atoms with van der Waals surface area (Å²) in [7, 11) is 0. The predicted octanol–water partition coefficient (Wildman–Crippen LogP) is 2.61. The Labute approximate surface area is 107 Å². The molecule has 4 nitrogen and oxygen atoms in total. The van der Waals surface area contributed by atoms with E-state index in [4.69, 9.17) is 9.47 Å². The number of aromatic nitrogens is 2. The number of imidazole rings is 1. The van der Waals surface area contributed by atoms with Crippen molar-refractivity contribution in [2.75, 3.05) is 13.2 Å². The molecule has 0 aliphatic carbocycles. The smallest absolute Gasteiger partial charge is 0.297 e. The molecule has 2 heterocycles. The Kier molecular flexibility index (Phi) is 3.19. The van der Waals surface area contributed by atoms with Gasteiger partial charge in [-0.3, -0.25) is 4.57 Å². The second-order valence-electron chi connectivity index (χ2n) is 4.66. The Bertz CT molecular complexity index is 536. The fraction of sp³-hybridized carbons (Fsp3) is 0.500. The van der Waals surface area contributed by atoms with Gasteiger partial charge in [0.1, 0.15) is 6.10 Å². The van der Waals surface area contributed by atoms with Crippen LogP contribution in [0, 0.1) is 0 Å². The number of rotatable bonds is 5. The van der Waals surface area contributed by atoms with E-state index in [1.165, 1.54) is 0 Å². The van der Waals surface area contributed by atoms with Crippen molar-refractivity contribution in [1.82, 2.24) is 9.55 Å². The van der Waals surface area contributed by atoms with Gasteiger partial charge in [0.25, 0.3) is 6.01 Å². The van der Waals surface area contributed by atoms with Crippen molar-refractivity contribution in [3.8, 4) is 6.01 Å². The predicted molar refractivity (Wildman–Crippen MR) is 69.9 cm³/mol. The number of hydrogen-bond acceptors (Lipinski definition) is 3. The summed E-state index contributed by atoms with van der Waals surface area (Å²) in [4.78, 5) is 4.47. The SMILES string of the molecule is CCCCOCC1Cn2c(nc3ccccc32)O1. The lowest BCUT2D eigenvalue weighted by atomic mass is 10.3. The van der Waals surface area contributed by atoms with E-state index in [0.29, 0.717) is 6.61 Å². The van der Waals surface area contributed by atoms with E-state index < -0.39 is 0 Å². The van der Waals surface area contributed by atoms with Crippen molar-refractivity contribution >= 4 is 11.0 Å². The minimum absolute atomic E-state index is 0.106. The summed E-state index contributed by atoms with van der Waals surface area (Å²) >= 11 is 0. The number of unbranched alkanes of at least 4 members (excludes halogenated alkanes) is 1. The largest absolute Gasteiger partial charge is 0.457 e. The van der Waals surface area contributed by atoms with Crippen molar-refractivity contribution in [3.63, 3.8) is 0 Å². The lowest BCUT2D eigenvalue weighted by Gasteiger charge is -2.09. The zero-order valence-corrected chi connectivity index (χ0v) is 10.6. The molecule has 0 radical (unpaired) electrons. The fourth-order valence-electron chi connectivity index (χ4n) is 2.26. The summed E-state index contributed by atoms with van der Waals surface area (Å²) in [6, 6.07) is 8.84. The normalized spacial score (nSPS) is 17.9. The Morgan fingerprint density at radius 3 is 3.22 bits per heavy atom. The molecule has 0 saturated heterocycles. The Balaban J connectivity index is 1.65. The standard InChI is InChI=1S/C14H18N2O2/c1-2-3-8-17-10-11-9-16-13-7-5-4-6-12(13)15-14(16)18-11/h4-7,11H,2-3,8-10H2,1H3. The third kappa shape index (κ3) is 2.08. The molecule has 96 valence electrons. The monoisotopic (exact) mass is 246 g/mol. The average molecular weight is 246 g/mol. The molecule has 0 fully saturated rings. The molecule has 4 heteroatoms. The second-order valence-corrected chi connectivity index (χ2v) is 4.66. The van der Waals surface area contributed by atoms with Crippen LogP contribution in [0.2, 0.25) is 0 Å². The number of para-hydroxylation sites is 2. The van der Waals surface area contributed by atoms with Crippen LogP contribution in [-0.2, 0) is 11.3 Å². The first-order valence-electron chi connectivity index (χ1n) is 6.58. The average Bonchev–Trinajstić information content (AvgIpc) is 2.91. The molecule has 3 rings (SSSR count). The van der Waals surface area contributed by atoms with Crippen LogP contribution in [0.4, 0.5) is 0 Å². The lowest BCUT2D eigenvalue weighted by Crippen LogP contribution is -2.22. The molecule has 0 N–H and O–H groups in total. The maximum absolute atomic E-state index is 5.80. The number of benzene rings is 1. The Morgan fingerprint density at radius 2 is 2.33 bits per heavy atom. The van der Waals surface area contributed by atoms with Crippen molar-refractivity contribution in [3.05, 3.63) is 24.3 Å². The summed E-state index contributed by atoms with van der Waals surface area (Å²) in [5.74, 6) is 0. The van der Waals surface area contributed by atoms with Crippen LogP contribution < -0.4 is 4.74 Å². The summed E-state index contributed by atoms with van der Waals surface area (Å²) < 4.78 is 13.5. The molecule has 0 bridgehead atoms. The van der Waals surface area contributed by atoms with E-state index in [1.54, 1.807) is 0 Å². The van der Waals surface area contributed by atoms with E-state index in [9.17, 15) is 0 Å². The van der Waals surface area contributed by atoms with Crippen molar-refractivity contribution in [2.24, 2.45) is 0 Å². The Hall–Kier alpha value is -1.55. The highest BCUT2D eigenvalue weighted by atomic mass is 16.5. The van der Waals surface area contributed by atoms with Gasteiger partial charge in [0, 0.05) is 6.61 Å². The molecule has 1 aromatic carbocycles. The highest BCUT2D eigenvalue weighted by Gasteiger charge is 2.26. The summed E-state index contributed by atoms with van der Waals surface area (Å²) in [5.41, 5.74) is 2.14. The van der Waals surface area contributed by atoms with Crippen molar-refractivity contribution in [1.29, 1.82) is 0 Å². The van der Waals surface area contributed by atoms with Gasteiger partial charge >= 0.3 is 0 Å². The molecule has 2 aromatic rings. The molecular weight excluding hydrogens is 228 g/mol. The topological polar surface area (TPSA) is 36.3 Å². The van der Waals surface area contributed by atoms with E-state index >= 15 is 0 Å². The molecule has 0 saturated carbocycles. The van der Waals surface area contributed by atoms with Gasteiger partial charge in [0.05, 0.1) is 24.2 Å². The molecular formula is C14H18N2O2. The molecule has 1 atom stereocenters. The van der Waals surface area contributed by atoms with Crippen LogP contribution in [0.1, 0.15) is 19.8 Å². The molecule has 0 spiro atoms. The van der Waals surface area contributed by atoms with E-state index in [2.05, 4.69) is 22.5 Å². The van der Waals surface area contributed by atoms with Gasteiger partial charge in [0.2, 0.25) is 0 Å². The summed E-state index contributed by atoms with van der Waals surface area (Å²) in [6.07, 6.45) is 2.38. The van der Waals surface area contributed by atoms with Gasteiger partial charge in [-0.05, 0) is 18.6 Å². The minimum atomic E-state index is 0.106. The van der Waals surface area contributed by atoms with Crippen molar-refractivity contribution < 1.29 is 9.47 Å². The second kappa shape index (κ2) is 4.98. The first kappa shape index (κ1) is 11.5.